The van der Waals surface area contributed by atoms with Gasteiger partial charge in [-0.2, -0.15) is 0 Å². The third-order valence-electron chi connectivity index (χ3n) is 4.17. The standard InChI is InChI=1S/C14H13ClFNO2/c15-9-6-4-8(5-7-9)10-2-1-3-11-12(18)17-13(19)14(10,11)16/h4-7,10-11H,1-3H2,(H,17,18,19). The van der Waals surface area contributed by atoms with E-state index < -0.39 is 29.3 Å². The van der Waals surface area contributed by atoms with Crippen LogP contribution >= 0.6 is 11.6 Å². The summed E-state index contributed by atoms with van der Waals surface area (Å²) in [6.07, 6.45) is 1.73. The molecule has 0 aromatic heterocycles. The van der Waals surface area contributed by atoms with Gasteiger partial charge in [-0.1, -0.05) is 30.2 Å². The third-order valence-corrected chi connectivity index (χ3v) is 4.43. The molecule has 1 aliphatic heterocycles. The fourth-order valence-corrected chi connectivity index (χ4v) is 3.35. The highest BCUT2D eigenvalue weighted by atomic mass is 35.5. The summed E-state index contributed by atoms with van der Waals surface area (Å²) >= 11 is 5.82. The highest BCUT2D eigenvalue weighted by molar-refractivity contribution is 6.30. The van der Waals surface area contributed by atoms with Crippen molar-refractivity contribution < 1.29 is 14.0 Å². The molecule has 2 fully saturated rings. The minimum absolute atomic E-state index is 0.429. The second-order valence-corrected chi connectivity index (χ2v) is 5.61. The molecule has 3 nitrogen and oxygen atoms in total. The number of hydrogen-bond donors (Lipinski definition) is 1. The first-order valence-corrected chi connectivity index (χ1v) is 6.71. The number of carbonyl (C=O) groups is 2. The van der Waals surface area contributed by atoms with Crippen molar-refractivity contribution in [1.82, 2.24) is 5.32 Å². The van der Waals surface area contributed by atoms with Crippen LogP contribution in [0.5, 0.6) is 0 Å². The summed E-state index contributed by atoms with van der Waals surface area (Å²) in [5.41, 5.74) is -1.38. The molecule has 1 saturated carbocycles. The molecule has 5 heteroatoms. The normalized spacial score (nSPS) is 34.0. The Morgan fingerprint density at radius 3 is 2.47 bits per heavy atom. The summed E-state index contributed by atoms with van der Waals surface area (Å²) in [7, 11) is 0. The van der Waals surface area contributed by atoms with E-state index in [9.17, 15) is 9.59 Å². The molecule has 100 valence electrons. The van der Waals surface area contributed by atoms with Gasteiger partial charge >= 0.3 is 0 Å². The van der Waals surface area contributed by atoms with E-state index in [0.717, 1.165) is 12.0 Å². The van der Waals surface area contributed by atoms with Crippen LogP contribution in [0.2, 0.25) is 5.02 Å². The van der Waals surface area contributed by atoms with E-state index in [4.69, 9.17) is 11.6 Å². The van der Waals surface area contributed by atoms with Crippen LogP contribution in [-0.4, -0.2) is 17.5 Å². The topological polar surface area (TPSA) is 46.2 Å². The smallest absolute Gasteiger partial charge is 0.265 e. The average Bonchev–Trinajstić information content (AvgIpc) is 2.62. The molecular formula is C14H13ClFNO2. The zero-order chi connectivity index (χ0) is 13.6. The van der Waals surface area contributed by atoms with E-state index in [1.165, 1.54) is 0 Å². The summed E-state index contributed by atoms with van der Waals surface area (Å²) in [5, 5.41) is 2.70. The molecule has 0 spiro atoms. The van der Waals surface area contributed by atoms with Gasteiger partial charge in [-0.25, -0.2) is 4.39 Å². The van der Waals surface area contributed by atoms with Crippen molar-refractivity contribution >= 4 is 23.4 Å². The molecule has 3 atom stereocenters. The highest BCUT2D eigenvalue weighted by Crippen LogP contribution is 2.49. The minimum Gasteiger partial charge on any atom is -0.293 e. The predicted molar refractivity (Wildman–Crippen MR) is 68.5 cm³/mol. The van der Waals surface area contributed by atoms with Crippen LogP contribution < -0.4 is 5.32 Å². The molecule has 0 bridgehead atoms. The first-order valence-electron chi connectivity index (χ1n) is 6.33. The Morgan fingerprint density at radius 2 is 1.79 bits per heavy atom. The number of benzene rings is 1. The van der Waals surface area contributed by atoms with Crippen molar-refractivity contribution in [2.75, 3.05) is 0 Å². The van der Waals surface area contributed by atoms with Crippen LogP contribution in [-0.2, 0) is 9.59 Å². The molecular weight excluding hydrogens is 269 g/mol. The molecule has 1 saturated heterocycles. The maximum atomic E-state index is 15.2. The number of nitrogens with one attached hydrogen (secondary N) is 1. The lowest BCUT2D eigenvalue weighted by Gasteiger charge is -2.36. The van der Waals surface area contributed by atoms with Crippen LogP contribution in [0.4, 0.5) is 4.39 Å². The summed E-state index contributed by atoms with van der Waals surface area (Å²) in [5.74, 6) is -2.70. The Kier molecular flexibility index (Phi) is 2.86. The SMILES string of the molecule is O=C1NC(=O)C2(F)C1CCCC2c1ccc(Cl)cc1. The van der Waals surface area contributed by atoms with E-state index in [2.05, 4.69) is 5.32 Å². The second-order valence-electron chi connectivity index (χ2n) is 5.17. The maximum Gasteiger partial charge on any atom is 0.265 e. The molecule has 1 N–H and O–H groups in total. The Balaban J connectivity index is 2.03. The van der Waals surface area contributed by atoms with Crippen LogP contribution in [0.25, 0.3) is 0 Å². The van der Waals surface area contributed by atoms with Gasteiger partial charge in [0, 0.05) is 10.9 Å². The number of imide groups is 1. The van der Waals surface area contributed by atoms with E-state index in [1.807, 2.05) is 0 Å². The zero-order valence-electron chi connectivity index (χ0n) is 10.2. The van der Waals surface area contributed by atoms with E-state index in [0.29, 0.717) is 17.9 Å². The van der Waals surface area contributed by atoms with Gasteiger partial charge in [0.2, 0.25) is 11.6 Å². The minimum atomic E-state index is -2.11. The first kappa shape index (κ1) is 12.6. The lowest BCUT2D eigenvalue weighted by atomic mass is 9.68. The molecule has 3 unspecified atom stereocenters. The van der Waals surface area contributed by atoms with Crippen molar-refractivity contribution in [1.29, 1.82) is 0 Å². The van der Waals surface area contributed by atoms with Gasteiger partial charge in [-0.05, 0) is 30.5 Å². The molecule has 0 radical (unpaired) electrons. The van der Waals surface area contributed by atoms with Gasteiger partial charge in [0.15, 0.2) is 0 Å². The maximum absolute atomic E-state index is 15.2. The summed E-state index contributed by atoms with van der Waals surface area (Å²) in [6, 6.07) is 6.82. The number of alkyl halides is 1. The highest BCUT2D eigenvalue weighted by Gasteiger charge is 2.62. The average molecular weight is 282 g/mol. The van der Waals surface area contributed by atoms with Crippen molar-refractivity contribution in [2.24, 2.45) is 5.92 Å². The molecule has 3 rings (SSSR count). The zero-order valence-corrected chi connectivity index (χ0v) is 10.9. The fourth-order valence-electron chi connectivity index (χ4n) is 3.23. The number of carbonyl (C=O) groups excluding carboxylic acids is 2. The second kappa shape index (κ2) is 4.30. The summed E-state index contributed by atoms with van der Waals surface area (Å²) in [4.78, 5) is 23.5. The van der Waals surface area contributed by atoms with E-state index in [1.54, 1.807) is 24.3 Å². The Hall–Kier alpha value is -1.42. The molecule has 2 amide bonds. The van der Waals surface area contributed by atoms with Gasteiger partial charge < -0.3 is 0 Å². The predicted octanol–water partition coefficient (Wildman–Crippen LogP) is 2.59. The van der Waals surface area contributed by atoms with Crippen molar-refractivity contribution in [3.63, 3.8) is 0 Å². The molecule has 2 aliphatic rings. The van der Waals surface area contributed by atoms with Crippen LogP contribution in [0.1, 0.15) is 30.7 Å². The van der Waals surface area contributed by atoms with Gasteiger partial charge in [0.05, 0.1) is 5.92 Å². The molecule has 1 heterocycles. The Morgan fingerprint density at radius 1 is 1.16 bits per heavy atom. The van der Waals surface area contributed by atoms with Crippen molar-refractivity contribution in [3.05, 3.63) is 34.9 Å². The quantitative estimate of drug-likeness (QED) is 0.804. The lowest BCUT2D eigenvalue weighted by Crippen LogP contribution is -2.46. The Bertz CT molecular complexity index is 545. The largest absolute Gasteiger partial charge is 0.293 e. The van der Waals surface area contributed by atoms with Crippen LogP contribution in [0.15, 0.2) is 24.3 Å². The lowest BCUT2D eigenvalue weighted by molar-refractivity contribution is -0.134. The molecule has 1 aromatic carbocycles. The first-order chi connectivity index (χ1) is 9.03. The van der Waals surface area contributed by atoms with Gasteiger partial charge in [-0.3, -0.25) is 14.9 Å². The molecule has 1 aromatic rings. The summed E-state index contributed by atoms with van der Waals surface area (Å²) < 4.78 is 15.2. The number of hydrogen-bond acceptors (Lipinski definition) is 2. The number of amides is 2. The van der Waals surface area contributed by atoms with Crippen molar-refractivity contribution in [2.45, 2.75) is 30.8 Å². The van der Waals surface area contributed by atoms with Crippen LogP contribution in [0, 0.1) is 5.92 Å². The van der Waals surface area contributed by atoms with Gasteiger partial charge in [0.25, 0.3) is 5.91 Å². The molecule has 1 aliphatic carbocycles. The van der Waals surface area contributed by atoms with Gasteiger partial charge in [0.1, 0.15) is 0 Å². The van der Waals surface area contributed by atoms with Gasteiger partial charge in [-0.15, -0.1) is 0 Å². The van der Waals surface area contributed by atoms with E-state index in [-0.39, 0.29) is 0 Å². The Labute approximate surface area is 115 Å². The summed E-state index contributed by atoms with van der Waals surface area (Å²) in [6.45, 7) is 0. The molecule has 19 heavy (non-hydrogen) atoms. The monoisotopic (exact) mass is 281 g/mol. The number of fused-ring (bicyclic) bond motifs is 1. The van der Waals surface area contributed by atoms with Crippen molar-refractivity contribution in [3.8, 4) is 0 Å². The third kappa shape index (κ3) is 1.77. The number of halogens is 2. The van der Waals surface area contributed by atoms with E-state index >= 15 is 4.39 Å². The van der Waals surface area contributed by atoms with Crippen LogP contribution in [0.3, 0.4) is 0 Å². The number of rotatable bonds is 1. The fraction of sp³-hybridized carbons (Fsp3) is 0.429.